The van der Waals surface area contributed by atoms with Crippen LogP contribution in [-0.4, -0.2) is 290 Å². The summed E-state index contributed by atoms with van der Waals surface area (Å²) in [5, 5.41) is 100.0. The maximum Gasteiger partial charge on any atom is 0.305 e. The van der Waals surface area contributed by atoms with Crippen molar-refractivity contribution in [3.63, 3.8) is 0 Å². The van der Waals surface area contributed by atoms with Gasteiger partial charge in [0.05, 0.1) is 31.8 Å². The molecule has 47 nitrogen and oxygen atoms in total. The Labute approximate surface area is 744 Å². The fraction of sp³-hybridized carbons (Fsp3) is 0.623. The molecule has 2 bridgehead atoms. The number of fused-ring (bicyclic) bond motifs is 10. The maximum absolute atomic E-state index is 15.4. The molecule has 0 radical (unpaired) electrons. The third kappa shape index (κ3) is 38.9. The Bertz CT molecular complexity index is 4200. The number of nitrogens with one attached hydrogen (secondary N) is 20. The quantitative estimate of drug-likeness (QED) is 0.0134. The Morgan fingerprint density at radius 1 is 0.472 bits per heavy atom. The van der Waals surface area contributed by atoms with Crippen LogP contribution in [0.4, 0.5) is 0 Å². The number of aliphatic carboxylic acids is 2. The number of carbonyl (C=O) groups is 19. The highest BCUT2D eigenvalue weighted by atomic mass is 33.1. The van der Waals surface area contributed by atoms with Crippen LogP contribution < -0.4 is 113 Å². The third-order valence-electron chi connectivity index (χ3n) is 19.6. The van der Waals surface area contributed by atoms with Crippen molar-refractivity contribution in [2.24, 2.45) is 34.8 Å². The van der Waals surface area contributed by atoms with Gasteiger partial charge in [0, 0.05) is 60.3 Å². The minimum atomic E-state index is -2.08. The van der Waals surface area contributed by atoms with Crippen molar-refractivity contribution >= 4 is 169 Å². The van der Waals surface area contributed by atoms with Gasteiger partial charge >= 0.3 is 11.9 Å². The second-order valence-electron chi connectivity index (χ2n) is 31.1. The number of hydrogen-bond donors (Lipinski definition) is 28. The molecule has 2 saturated heterocycles. The van der Waals surface area contributed by atoms with Crippen LogP contribution in [0.15, 0.2) is 30.5 Å². The monoisotopic (exact) mass is 1850 g/mol. The lowest BCUT2D eigenvalue weighted by Gasteiger charge is -2.29. The summed E-state index contributed by atoms with van der Waals surface area (Å²) in [4.78, 5) is 275. The Morgan fingerprint density at radius 2 is 0.866 bits per heavy atom. The number of unbranched alkanes of at least 4 members (excludes halogenated alkanes) is 2. The molecule has 706 valence electrons. The number of aromatic amines is 1. The van der Waals surface area contributed by atoms with Crippen molar-refractivity contribution in [2.45, 2.75) is 241 Å². The van der Waals surface area contributed by atoms with E-state index in [0.29, 0.717) is 62.7 Å². The Kier molecular flexibility index (Phi) is 47.1. The number of guanidine groups is 2. The van der Waals surface area contributed by atoms with Crippen LogP contribution in [0.3, 0.4) is 0 Å². The molecule has 1 aromatic heterocycles. The van der Waals surface area contributed by atoms with Crippen molar-refractivity contribution in [3.05, 3.63) is 36.0 Å². The highest BCUT2D eigenvalue weighted by molar-refractivity contribution is 8.76. The number of aromatic nitrogens is 1. The van der Waals surface area contributed by atoms with E-state index in [1.54, 1.807) is 65.8 Å². The number of carboxylic acid groups (broad SMARTS) is 2. The number of carboxylic acids is 2. The number of aliphatic hydroxyl groups excluding tert-OH is 2. The SMILES string of the molecule is CCCC[C@@H]1NC(=O)[C@H](CO)NC(=O)[C@@H]2CSSC[C@@H](C(=O)N[C@@H](Cc3c[nH]c4ccccc34)C(=O)N[C@@H](CCC(N)=O)C(N)=O)NC(=O)[C@H](CC(C)C)NC(=O)[C@@H](CC(=O)O)NC(=O)[C@H](CCCC)NC(=O)[C@H](CO)NC(=O)[C@H](CCCNC(=N)N)NC(=O)[C@H](CSCC(=O)N[C@@H](CCCNC(=N)N)C(=O)N2)NC(=O)[C@H](CC(C)C)NC(=O)[C@H](CC(=O)O)NC1=O. The van der Waals surface area contributed by atoms with Crippen LogP contribution in [0.2, 0.25) is 0 Å². The van der Waals surface area contributed by atoms with E-state index in [0.717, 1.165) is 0 Å². The average molecular weight is 1850 g/mol. The van der Waals surface area contributed by atoms with Crippen LogP contribution >= 0.6 is 33.3 Å². The number of hydrogen-bond acceptors (Lipinski definition) is 26. The van der Waals surface area contributed by atoms with E-state index in [2.05, 4.69) is 95.4 Å². The molecule has 17 amide bonds. The van der Waals surface area contributed by atoms with Crippen molar-refractivity contribution < 1.29 is 112 Å². The molecule has 3 heterocycles. The molecule has 1 aromatic carbocycles. The molecule has 32 N–H and O–H groups in total. The van der Waals surface area contributed by atoms with Gasteiger partial charge in [-0.15, -0.1) is 11.8 Å². The summed E-state index contributed by atoms with van der Waals surface area (Å²) in [6, 6.07) is -20.6. The van der Waals surface area contributed by atoms with E-state index < -0.39 is 295 Å². The molecule has 50 heteroatoms. The standard InChI is InChI=1S/C77H122N24O23S3/c1-7-9-16-44-63(112)96-51(29-60(108)109)70(119)93-48(26-38(5)6)67(116)101-55(74(123)94-49(27-39-30-86-41-18-12-11-15-40(39)41)68(117)88-42(61(79)110)21-22-57(78)104)34-126-127-35-56-75(124)98-53(32-103)72(121)90-45(17-10-8-2)64(113)95-50(28-59(106)107)69(118)92-47(25-37(3)4)66(115)99-54(33-125-36-58(105)87-43(62(111)100-56)19-13-23-84-76(80)81)73(122)91-46(20-14-24-85-77(82)83)65(114)97-52(31-102)71(120)89-44/h11-12,15,18,30,37-38,42-56,86,102-103H,7-10,13-14,16-17,19-29,31-36H2,1-6H3,(H2,78,104)(H2,79,110)(H,87,105)(H,88,117)(H,89,120)(H,90,121)(H,91,122)(H,92,118)(H,93,119)(H,94,123)(H,95,113)(H,96,112)(H,97,114)(H,98,124)(H,99,115)(H,100,111)(H,101,116)(H,106,107)(H,108,109)(H4,80,81,84)(H4,82,83,85)/t42-,43-,44-,45-,46-,47-,48-,49-,50-,51+,52-,53-,54-,55-,56-/m0/s1. The molecule has 0 spiro atoms. The molecule has 2 fully saturated rings. The van der Waals surface area contributed by atoms with Crippen molar-refractivity contribution in [1.82, 2.24) is 95.4 Å². The molecule has 0 saturated carbocycles. The first-order valence-corrected chi connectivity index (χ1v) is 45.0. The number of benzene rings is 1. The smallest absolute Gasteiger partial charge is 0.305 e. The highest BCUT2D eigenvalue weighted by Gasteiger charge is 2.41. The fourth-order valence-corrected chi connectivity index (χ4v) is 16.1. The lowest BCUT2D eigenvalue weighted by molar-refractivity contribution is -0.142. The first-order valence-electron chi connectivity index (χ1n) is 41.4. The minimum Gasteiger partial charge on any atom is -0.481 e. The Hall–Kier alpha value is -11.8. The number of carbonyl (C=O) groups excluding carboxylic acids is 17. The third-order valence-corrected chi connectivity index (χ3v) is 23.0. The molecule has 2 aromatic rings. The maximum atomic E-state index is 15.4. The number of primary amides is 2. The average Bonchev–Trinajstić information content (AvgIpc) is 1.67. The Morgan fingerprint density at radius 3 is 1.32 bits per heavy atom. The molecule has 15 atom stereocenters. The van der Waals surface area contributed by atoms with Gasteiger partial charge in [-0.25, -0.2) is 0 Å². The lowest BCUT2D eigenvalue weighted by Crippen LogP contribution is -2.62. The lowest BCUT2D eigenvalue weighted by atomic mass is 10.0. The number of aliphatic hydroxyl groups is 2. The van der Waals surface area contributed by atoms with Gasteiger partial charge in [-0.05, 0) is 81.3 Å². The van der Waals surface area contributed by atoms with Crippen LogP contribution in [-0.2, 0) is 97.5 Å². The second-order valence-corrected chi connectivity index (χ2v) is 34.7. The molecule has 4 rings (SSSR count). The number of rotatable bonds is 34. The van der Waals surface area contributed by atoms with E-state index in [-0.39, 0.29) is 77.3 Å². The molecule has 2 aliphatic rings. The largest absolute Gasteiger partial charge is 0.481 e. The van der Waals surface area contributed by atoms with E-state index >= 15 is 24.0 Å². The van der Waals surface area contributed by atoms with Crippen LogP contribution in [0, 0.1) is 22.7 Å². The van der Waals surface area contributed by atoms with Crippen molar-refractivity contribution in [2.75, 3.05) is 49.3 Å². The van der Waals surface area contributed by atoms with Gasteiger partial charge in [0.25, 0.3) is 0 Å². The number of thioether (sulfide) groups is 1. The minimum absolute atomic E-state index is 0.0596. The highest BCUT2D eigenvalue weighted by Crippen LogP contribution is 2.26. The molecule has 2 aliphatic heterocycles. The normalized spacial score (nSPS) is 23.8. The van der Waals surface area contributed by atoms with Crippen LogP contribution in [0.5, 0.6) is 0 Å². The van der Waals surface area contributed by atoms with Crippen molar-refractivity contribution in [1.29, 1.82) is 10.8 Å². The number of nitrogens with two attached hydrogens (primary N) is 4. The summed E-state index contributed by atoms with van der Waals surface area (Å²) in [7, 11) is 1.38. The predicted molar refractivity (Wildman–Crippen MR) is 466 cm³/mol. The van der Waals surface area contributed by atoms with Crippen molar-refractivity contribution in [3.8, 4) is 0 Å². The molecule has 127 heavy (non-hydrogen) atoms. The van der Waals surface area contributed by atoms with Gasteiger partial charge in [-0.3, -0.25) is 102 Å². The van der Waals surface area contributed by atoms with Crippen LogP contribution in [0.1, 0.15) is 150 Å². The van der Waals surface area contributed by atoms with Gasteiger partial charge in [-0.2, -0.15) is 0 Å². The van der Waals surface area contributed by atoms with E-state index in [9.17, 15) is 87.5 Å². The zero-order valence-corrected chi connectivity index (χ0v) is 73.9. The van der Waals surface area contributed by atoms with Gasteiger partial charge in [0.2, 0.25) is 100 Å². The molecule has 0 aliphatic carbocycles. The van der Waals surface area contributed by atoms with Crippen LogP contribution in [0.25, 0.3) is 10.9 Å². The number of amides is 17. The first kappa shape index (κ1) is 108. The molecular weight excluding hydrogens is 1730 g/mol. The fourth-order valence-electron chi connectivity index (χ4n) is 12.9. The number of H-pyrrole nitrogens is 1. The molecule has 0 unspecified atom stereocenters. The van der Waals surface area contributed by atoms with Gasteiger partial charge in [0.1, 0.15) is 90.6 Å². The zero-order chi connectivity index (χ0) is 94.7. The van der Waals surface area contributed by atoms with Gasteiger partial charge < -0.3 is 139 Å². The summed E-state index contributed by atoms with van der Waals surface area (Å²) in [5.41, 5.74) is 23.2. The number of para-hydroxylation sites is 1. The second kappa shape index (κ2) is 55.6. The van der Waals surface area contributed by atoms with E-state index in [1.165, 1.54) is 6.20 Å². The summed E-state index contributed by atoms with van der Waals surface area (Å²) < 4.78 is 0. The van der Waals surface area contributed by atoms with E-state index in [1.807, 2.05) is 0 Å². The van der Waals surface area contributed by atoms with Gasteiger partial charge in [-0.1, -0.05) is 107 Å². The topological polar surface area (TPSA) is 777 Å². The van der Waals surface area contributed by atoms with E-state index in [4.69, 9.17) is 33.8 Å². The summed E-state index contributed by atoms with van der Waals surface area (Å²) in [6.45, 7) is 7.17. The van der Waals surface area contributed by atoms with Gasteiger partial charge in [0.15, 0.2) is 11.9 Å². The first-order chi connectivity index (χ1) is 60.1. The Balaban J connectivity index is 2.13. The predicted octanol–water partition coefficient (Wildman–Crippen LogP) is -7.19. The zero-order valence-electron chi connectivity index (χ0n) is 71.5. The summed E-state index contributed by atoms with van der Waals surface area (Å²) in [6.07, 6.45) is -2.91. The summed E-state index contributed by atoms with van der Waals surface area (Å²) >= 11 is 0.632. The molecular formula is C77H122N24O23S3. The summed E-state index contributed by atoms with van der Waals surface area (Å²) in [5.74, 6) is -27.8.